The summed E-state index contributed by atoms with van der Waals surface area (Å²) < 4.78 is 5.36. The van der Waals surface area contributed by atoms with Crippen molar-refractivity contribution in [1.82, 2.24) is 5.43 Å². The molecule has 0 heterocycles. The minimum absolute atomic E-state index is 0.0608. The maximum atomic E-state index is 9.56. The van der Waals surface area contributed by atoms with Gasteiger partial charge in [-0.25, -0.2) is 5.43 Å². The molecule has 0 saturated carbocycles. The van der Waals surface area contributed by atoms with Crippen LogP contribution in [-0.4, -0.2) is 11.8 Å². The normalized spacial score (nSPS) is 9.59. The van der Waals surface area contributed by atoms with E-state index in [1.807, 2.05) is 19.1 Å². The number of nitrogens with zero attached hydrogens (tertiary/aromatic N) is 2. The van der Waals surface area contributed by atoms with Gasteiger partial charge in [0.2, 0.25) is 0 Å². The highest BCUT2D eigenvalue weighted by atomic mass is 16.5. The van der Waals surface area contributed by atoms with E-state index in [4.69, 9.17) is 15.3 Å². The molecule has 3 N–H and O–H groups in total. The van der Waals surface area contributed by atoms with E-state index in [1.54, 1.807) is 30.3 Å². The minimum Gasteiger partial charge on any atom is -0.504 e. The Hall–Kier alpha value is -3.22. The molecule has 0 spiro atoms. The van der Waals surface area contributed by atoms with Crippen LogP contribution in [0.4, 0.5) is 5.69 Å². The second-order valence-corrected chi connectivity index (χ2v) is 4.49. The zero-order valence-electron chi connectivity index (χ0n) is 11.9. The molecule has 2 aromatic rings. The number of nitrogens with one attached hydrogen (secondary N) is 2. The lowest BCUT2D eigenvalue weighted by Crippen LogP contribution is -2.27. The molecule has 0 atom stereocenters. The number of phenolic OH excluding ortho intramolecular Hbond substituents is 1. The number of hydrazine groups is 1. The first-order valence-corrected chi connectivity index (χ1v) is 6.50. The summed E-state index contributed by atoms with van der Waals surface area (Å²) in [5.74, 6) is 0.427. The fourth-order valence-electron chi connectivity index (χ4n) is 1.85. The Balaban J connectivity index is 1.97. The van der Waals surface area contributed by atoms with Crippen molar-refractivity contribution in [2.75, 3.05) is 12.2 Å². The van der Waals surface area contributed by atoms with E-state index in [9.17, 15) is 5.11 Å². The zero-order chi connectivity index (χ0) is 15.9. The summed E-state index contributed by atoms with van der Waals surface area (Å²) in [5.41, 5.74) is 7.89. The van der Waals surface area contributed by atoms with Gasteiger partial charge in [-0.1, -0.05) is 12.1 Å². The molecule has 6 heteroatoms. The Kier molecular flexibility index (Phi) is 4.81. The van der Waals surface area contributed by atoms with Gasteiger partial charge in [0.15, 0.2) is 18.2 Å². The molecule has 6 nitrogen and oxygen atoms in total. The first-order chi connectivity index (χ1) is 10.7. The smallest absolute Gasteiger partial charge is 0.163 e. The van der Waals surface area contributed by atoms with Crippen molar-refractivity contribution in [3.8, 4) is 23.6 Å². The zero-order valence-corrected chi connectivity index (χ0v) is 11.9. The van der Waals surface area contributed by atoms with Crippen molar-refractivity contribution in [2.24, 2.45) is 0 Å². The summed E-state index contributed by atoms with van der Waals surface area (Å²) in [6.45, 7) is 1.94. The molecule has 0 bridgehead atoms. The molecule has 0 aliphatic heterocycles. The fourth-order valence-corrected chi connectivity index (χ4v) is 1.85. The number of aryl methyl sites for hydroxylation is 1. The summed E-state index contributed by atoms with van der Waals surface area (Å²) in [5, 5.41) is 27.5. The number of para-hydroxylation sites is 2. The second kappa shape index (κ2) is 6.98. The van der Waals surface area contributed by atoms with Gasteiger partial charge in [-0.3, -0.25) is 0 Å². The molecule has 0 unspecified atom stereocenters. The molecule has 110 valence electrons. The number of rotatable bonds is 5. The first-order valence-electron chi connectivity index (χ1n) is 6.50. The third kappa shape index (κ3) is 3.45. The van der Waals surface area contributed by atoms with Crippen molar-refractivity contribution in [3.05, 3.63) is 53.1 Å². The predicted octanol–water partition coefficient (Wildman–Crippen LogP) is 2.40. The van der Waals surface area contributed by atoms with Crippen LogP contribution in [-0.2, 0) is 0 Å². The van der Waals surface area contributed by atoms with Crippen LogP contribution in [0.25, 0.3) is 0 Å². The molecule has 0 aromatic heterocycles. The van der Waals surface area contributed by atoms with Crippen molar-refractivity contribution in [1.29, 1.82) is 10.5 Å². The molecule has 0 aliphatic rings. The largest absolute Gasteiger partial charge is 0.504 e. The number of nitriles is 2. The highest BCUT2D eigenvalue weighted by Gasteiger charge is 2.06. The highest BCUT2D eigenvalue weighted by molar-refractivity contribution is 5.60. The number of aromatic hydroxyl groups is 1. The van der Waals surface area contributed by atoms with Gasteiger partial charge in [0.1, 0.15) is 12.1 Å². The number of ether oxygens (including phenoxy) is 1. The Bertz CT molecular complexity index is 760. The lowest BCUT2D eigenvalue weighted by atomic mass is 10.0. The van der Waals surface area contributed by atoms with Crippen LogP contribution in [0.15, 0.2) is 36.4 Å². The Labute approximate surface area is 128 Å². The first kappa shape index (κ1) is 15.2. The van der Waals surface area contributed by atoms with Crippen molar-refractivity contribution in [3.63, 3.8) is 0 Å². The molecule has 22 heavy (non-hydrogen) atoms. The lowest BCUT2D eigenvalue weighted by molar-refractivity contribution is 0.280. The van der Waals surface area contributed by atoms with Crippen LogP contribution in [0, 0.1) is 29.6 Å². The maximum absolute atomic E-state index is 9.56. The highest BCUT2D eigenvalue weighted by Crippen LogP contribution is 2.24. The van der Waals surface area contributed by atoms with Crippen LogP contribution in [0.2, 0.25) is 0 Å². The van der Waals surface area contributed by atoms with Crippen LogP contribution in [0.5, 0.6) is 11.5 Å². The van der Waals surface area contributed by atoms with Crippen molar-refractivity contribution >= 4 is 5.69 Å². The molecule has 0 saturated heterocycles. The van der Waals surface area contributed by atoms with Crippen LogP contribution < -0.4 is 15.6 Å². The van der Waals surface area contributed by atoms with E-state index in [1.165, 1.54) is 6.07 Å². The lowest BCUT2D eigenvalue weighted by Gasteiger charge is -2.13. The summed E-state index contributed by atoms with van der Waals surface area (Å²) >= 11 is 0. The minimum atomic E-state index is 0.0608. The van der Waals surface area contributed by atoms with Gasteiger partial charge >= 0.3 is 0 Å². The average Bonchev–Trinajstić information content (AvgIpc) is 2.53. The Morgan fingerprint density at radius 3 is 2.50 bits per heavy atom. The molecular weight excluding hydrogens is 280 g/mol. The van der Waals surface area contributed by atoms with Crippen LogP contribution >= 0.6 is 0 Å². The summed E-state index contributed by atoms with van der Waals surface area (Å²) in [7, 11) is 0. The van der Waals surface area contributed by atoms with E-state index < -0.39 is 0 Å². The molecular formula is C16H14N4O2. The van der Waals surface area contributed by atoms with Gasteiger partial charge in [-0.15, -0.1) is 0 Å². The van der Waals surface area contributed by atoms with Crippen LogP contribution in [0.1, 0.15) is 16.7 Å². The number of benzene rings is 2. The van der Waals surface area contributed by atoms with Gasteiger partial charge in [-0.2, -0.15) is 10.5 Å². The van der Waals surface area contributed by atoms with Gasteiger partial charge in [0.05, 0.1) is 16.8 Å². The molecule has 0 fully saturated rings. The third-order valence-electron chi connectivity index (χ3n) is 2.99. The Morgan fingerprint density at radius 2 is 1.82 bits per heavy atom. The SMILES string of the molecule is Cc1cc(C#N)c(C#N)cc1NNCOc1ccccc1O. The van der Waals surface area contributed by atoms with E-state index >= 15 is 0 Å². The van der Waals surface area contributed by atoms with Gasteiger partial charge < -0.3 is 15.3 Å². The molecule has 0 amide bonds. The second-order valence-electron chi connectivity index (χ2n) is 4.49. The standard InChI is InChI=1S/C16H14N4O2/c1-11-6-12(8-17)13(9-18)7-14(11)20-19-10-22-16-5-3-2-4-15(16)21/h2-7,19-21H,10H2,1H3. The molecule has 0 aliphatic carbocycles. The van der Waals surface area contributed by atoms with E-state index in [0.29, 0.717) is 22.6 Å². The number of anilines is 1. The van der Waals surface area contributed by atoms with E-state index in [0.717, 1.165) is 5.56 Å². The molecule has 2 rings (SSSR count). The number of hydrogen-bond donors (Lipinski definition) is 3. The quantitative estimate of drug-likeness (QED) is 0.444. The molecule has 2 aromatic carbocycles. The van der Waals surface area contributed by atoms with Gasteiger partial charge in [0, 0.05) is 0 Å². The summed E-state index contributed by atoms with van der Waals surface area (Å²) in [6.07, 6.45) is 0. The molecule has 0 radical (unpaired) electrons. The topological polar surface area (TPSA) is 101 Å². The Morgan fingerprint density at radius 1 is 1.14 bits per heavy atom. The van der Waals surface area contributed by atoms with Crippen LogP contribution in [0.3, 0.4) is 0 Å². The number of hydrogen-bond acceptors (Lipinski definition) is 6. The van der Waals surface area contributed by atoms with E-state index in [2.05, 4.69) is 10.9 Å². The van der Waals surface area contributed by atoms with Gasteiger partial charge in [-0.05, 0) is 36.8 Å². The van der Waals surface area contributed by atoms with Crippen molar-refractivity contribution in [2.45, 2.75) is 6.92 Å². The summed E-state index contributed by atoms with van der Waals surface area (Å²) in [6, 6.07) is 13.9. The fraction of sp³-hybridized carbons (Fsp3) is 0.125. The summed E-state index contributed by atoms with van der Waals surface area (Å²) in [4.78, 5) is 0. The monoisotopic (exact) mass is 294 g/mol. The van der Waals surface area contributed by atoms with Crippen molar-refractivity contribution < 1.29 is 9.84 Å². The average molecular weight is 294 g/mol. The predicted molar refractivity (Wildman–Crippen MR) is 81.0 cm³/mol. The maximum Gasteiger partial charge on any atom is 0.163 e. The van der Waals surface area contributed by atoms with Gasteiger partial charge in [0.25, 0.3) is 0 Å². The third-order valence-corrected chi connectivity index (χ3v) is 2.99. The number of phenols is 1. The van der Waals surface area contributed by atoms with E-state index in [-0.39, 0.29) is 12.5 Å².